The van der Waals surface area contributed by atoms with Crippen molar-refractivity contribution in [2.24, 2.45) is 0 Å². The Morgan fingerprint density at radius 1 is 1.40 bits per heavy atom. The molecule has 2 heterocycles. The lowest BCUT2D eigenvalue weighted by Gasteiger charge is -2.08. The fourth-order valence-electron chi connectivity index (χ4n) is 1.58. The van der Waals surface area contributed by atoms with Crippen LogP contribution in [0, 0.1) is 0 Å². The van der Waals surface area contributed by atoms with Gasteiger partial charge in [0.1, 0.15) is 12.1 Å². The summed E-state index contributed by atoms with van der Waals surface area (Å²) in [7, 11) is 0. The molecular formula is C13H14ClN5O. The van der Waals surface area contributed by atoms with Crippen molar-refractivity contribution in [2.75, 3.05) is 11.9 Å². The van der Waals surface area contributed by atoms with Crippen molar-refractivity contribution in [3.8, 4) is 0 Å². The van der Waals surface area contributed by atoms with E-state index in [-0.39, 0.29) is 5.91 Å². The molecule has 0 saturated carbocycles. The standard InChI is InChI=1S/C13H14ClN5O/c1-2-16-12-5-10(11(14)7-17-12)13(20)18-6-9-3-4-15-8-19-9/h3-5,7-8H,2,6H2,1H3,(H,16,17)(H,18,20). The maximum atomic E-state index is 12.1. The first-order chi connectivity index (χ1) is 9.70. The first kappa shape index (κ1) is 14.2. The monoisotopic (exact) mass is 291 g/mol. The summed E-state index contributed by atoms with van der Waals surface area (Å²) in [5, 5.41) is 6.10. The predicted molar refractivity (Wildman–Crippen MR) is 76.6 cm³/mol. The van der Waals surface area contributed by atoms with Crippen molar-refractivity contribution in [1.29, 1.82) is 0 Å². The molecule has 2 aromatic rings. The van der Waals surface area contributed by atoms with E-state index in [9.17, 15) is 4.79 Å². The topological polar surface area (TPSA) is 79.8 Å². The van der Waals surface area contributed by atoms with Crippen LogP contribution in [0.3, 0.4) is 0 Å². The highest BCUT2D eigenvalue weighted by molar-refractivity contribution is 6.33. The van der Waals surface area contributed by atoms with Crippen LogP contribution in [-0.4, -0.2) is 27.4 Å². The molecule has 0 aliphatic rings. The summed E-state index contributed by atoms with van der Waals surface area (Å²) in [5.41, 5.74) is 1.11. The van der Waals surface area contributed by atoms with E-state index in [0.29, 0.717) is 22.9 Å². The Labute approximate surface area is 121 Å². The number of rotatable bonds is 5. The van der Waals surface area contributed by atoms with Crippen molar-refractivity contribution >= 4 is 23.3 Å². The largest absolute Gasteiger partial charge is 0.370 e. The van der Waals surface area contributed by atoms with Gasteiger partial charge in [0.05, 0.1) is 22.8 Å². The Bertz CT molecular complexity index is 591. The van der Waals surface area contributed by atoms with Gasteiger partial charge in [0.15, 0.2) is 0 Å². The van der Waals surface area contributed by atoms with Crippen LogP contribution in [0.15, 0.2) is 30.9 Å². The number of nitrogens with one attached hydrogen (secondary N) is 2. The highest BCUT2D eigenvalue weighted by atomic mass is 35.5. The van der Waals surface area contributed by atoms with Gasteiger partial charge in [-0.2, -0.15) is 0 Å². The Balaban J connectivity index is 2.06. The number of carbonyl (C=O) groups excluding carboxylic acids is 1. The van der Waals surface area contributed by atoms with E-state index >= 15 is 0 Å². The van der Waals surface area contributed by atoms with Gasteiger partial charge in [-0.15, -0.1) is 0 Å². The Kier molecular flexibility index (Phi) is 4.84. The average molecular weight is 292 g/mol. The molecule has 0 saturated heterocycles. The van der Waals surface area contributed by atoms with Gasteiger partial charge in [-0.1, -0.05) is 11.6 Å². The van der Waals surface area contributed by atoms with Crippen LogP contribution in [0.4, 0.5) is 5.82 Å². The highest BCUT2D eigenvalue weighted by Gasteiger charge is 2.12. The molecule has 0 aromatic carbocycles. The van der Waals surface area contributed by atoms with E-state index in [2.05, 4.69) is 25.6 Å². The molecule has 2 rings (SSSR count). The van der Waals surface area contributed by atoms with Crippen molar-refractivity contribution in [3.63, 3.8) is 0 Å². The Morgan fingerprint density at radius 2 is 2.25 bits per heavy atom. The predicted octanol–water partition coefficient (Wildman–Crippen LogP) is 1.89. The number of halogens is 1. The molecular weight excluding hydrogens is 278 g/mol. The maximum absolute atomic E-state index is 12.1. The summed E-state index contributed by atoms with van der Waals surface area (Å²) in [6.07, 6.45) is 4.51. The quantitative estimate of drug-likeness (QED) is 0.879. The molecule has 0 aliphatic carbocycles. The van der Waals surface area contributed by atoms with E-state index in [0.717, 1.165) is 12.2 Å². The zero-order chi connectivity index (χ0) is 14.4. The molecule has 20 heavy (non-hydrogen) atoms. The SMILES string of the molecule is CCNc1cc(C(=O)NCc2ccncn2)c(Cl)cn1. The summed E-state index contributed by atoms with van der Waals surface area (Å²) in [6.45, 7) is 2.98. The van der Waals surface area contributed by atoms with Crippen molar-refractivity contribution < 1.29 is 4.79 Å². The number of hydrogen-bond donors (Lipinski definition) is 2. The third-order valence-corrected chi connectivity index (χ3v) is 2.83. The molecule has 0 spiro atoms. The van der Waals surface area contributed by atoms with Gasteiger partial charge in [0.2, 0.25) is 0 Å². The van der Waals surface area contributed by atoms with Gasteiger partial charge in [0.25, 0.3) is 5.91 Å². The van der Waals surface area contributed by atoms with Crippen LogP contribution in [-0.2, 0) is 6.54 Å². The van der Waals surface area contributed by atoms with Crippen molar-refractivity contribution in [2.45, 2.75) is 13.5 Å². The number of amides is 1. The number of carbonyl (C=O) groups is 1. The minimum atomic E-state index is -0.268. The molecule has 0 unspecified atom stereocenters. The van der Waals surface area contributed by atoms with Crippen LogP contribution in [0.1, 0.15) is 23.0 Å². The molecule has 0 aliphatic heterocycles. The smallest absolute Gasteiger partial charge is 0.253 e. The lowest BCUT2D eigenvalue weighted by molar-refractivity contribution is 0.0950. The van der Waals surface area contributed by atoms with Crippen LogP contribution < -0.4 is 10.6 Å². The van der Waals surface area contributed by atoms with Crippen molar-refractivity contribution in [1.82, 2.24) is 20.3 Å². The van der Waals surface area contributed by atoms with Crippen LogP contribution >= 0.6 is 11.6 Å². The van der Waals surface area contributed by atoms with E-state index in [1.54, 1.807) is 18.3 Å². The van der Waals surface area contributed by atoms with E-state index in [1.807, 2.05) is 6.92 Å². The minimum absolute atomic E-state index is 0.268. The summed E-state index contributed by atoms with van der Waals surface area (Å²) >= 11 is 6.00. The zero-order valence-electron chi connectivity index (χ0n) is 10.9. The second kappa shape index (κ2) is 6.81. The van der Waals surface area contributed by atoms with E-state index in [4.69, 9.17) is 11.6 Å². The van der Waals surface area contributed by atoms with Crippen LogP contribution in [0.25, 0.3) is 0 Å². The van der Waals surface area contributed by atoms with E-state index < -0.39 is 0 Å². The molecule has 2 aromatic heterocycles. The lowest BCUT2D eigenvalue weighted by Crippen LogP contribution is -2.24. The van der Waals surface area contributed by atoms with Gasteiger partial charge in [-0.25, -0.2) is 15.0 Å². The third-order valence-electron chi connectivity index (χ3n) is 2.53. The summed E-state index contributed by atoms with van der Waals surface area (Å²) < 4.78 is 0. The molecule has 0 radical (unpaired) electrons. The first-order valence-electron chi connectivity index (χ1n) is 6.13. The summed E-state index contributed by atoms with van der Waals surface area (Å²) in [4.78, 5) is 24.0. The molecule has 7 heteroatoms. The summed E-state index contributed by atoms with van der Waals surface area (Å²) in [5.74, 6) is 0.347. The number of anilines is 1. The Morgan fingerprint density at radius 3 is 2.95 bits per heavy atom. The second-order valence-electron chi connectivity index (χ2n) is 3.96. The first-order valence-corrected chi connectivity index (χ1v) is 6.51. The molecule has 1 amide bonds. The van der Waals surface area contributed by atoms with Gasteiger partial charge < -0.3 is 10.6 Å². The number of hydrogen-bond acceptors (Lipinski definition) is 5. The highest BCUT2D eigenvalue weighted by Crippen LogP contribution is 2.17. The zero-order valence-corrected chi connectivity index (χ0v) is 11.7. The van der Waals surface area contributed by atoms with Gasteiger partial charge in [0, 0.05) is 18.9 Å². The number of aromatic nitrogens is 3. The molecule has 6 nitrogen and oxygen atoms in total. The molecule has 0 fully saturated rings. The van der Waals surface area contributed by atoms with E-state index in [1.165, 1.54) is 12.5 Å². The molecule has 2 N–H and O–H groups in total. The lowest BCUT2D eigenvalue weighted by atomic mass is 10.2. The normalized spacial score (nSPS) is 10.1. The third kappa shape index (κ3) is 3.64. The summed E-state index contributed by atoms with van der Waals surface area (Å²) in [6, 6.07) is 3.36. The number of nitrogens with zero attached hydrogens (tertiary/aromatic N) is 3. The van der Waals surface area contributed by atoms with Gasteiger partial charge in [-0.05, 0) is 19.1 Å². The maximum Gasteiger partial charge on any atom is 0.253 e. The molecule has 0 atom stereocenters. The van der Waals surface area contributed by atoms with Crippen LogP contribution in [0.2, 0.25) is 5.02 Å². The van der Waals surface area contributed by atoms with Gasteiger partial charge >= 0.3 is 0 Å². The average Bonchev–Trinajstić information content (AvgIpc) is 2.48. The fourth-order valence-corrected chi connectivity index (χ4v) is 1.77. The Hall–Kier alpha value is -2.21. The molecule has 104 valence electrons. The fraction of sp³-hybridized carbons (Fsp3) is 0.231. The van der Waals surface area contributed by atoms with Gasteiger partial charge in [-0.3, -0.25) is 4.79 Å². The second-order valence-corrected chi connectivity index (χ2v) is 4.37. The van der Waals surface area contributed by atoms with Crippen molar-refractivity contribution in [3.05, 3.63) is 47.1 Å². The number of pyridine rings is 1. The van der Waals surface area contributed by atoms with Crippen LogP contribution in [0.5, 0.6) is 0 Å². The molecule has 0 bridgehead atoms. The minimum Gasteiger partial charge on any atom is -0.370 e.